The molecule has 0 amide bonds. The molecule has 13 heteroatoms. The number of carbonyl (C=O) groups excluding carboxylic acids is 1. The van der Waals surface area contributed by atoms with E-state index in [4.69, 9.17) is 20.3 Å². The van der Waals surface area contributed by atoms with Gasteiger partial charge < -0.3 is 20.3 Å². The molecule has 3 N–H and O–H groups in total. The van der Waals surface area contributed by atoms with E-state index in [1.165, 1.54) is 5.56 Å². The Morgan fingerprint density at radius 3 is 1.77 bits per heavy atom. The first-order chi connectivity index (χ1) is 18.2. The van der Waals surface area contributed by atoms with Gasteiger partial charge in [-0.2, -0.15) is 26.3 Å². The Morgan fingerprint density at radius 2 is 1.38 bits per heavy atom. The van der Waals surface area contributed by atoms with Crippen LogP contribution in [-0.2, 0) is 18.8 Å². The van der Waals surface area contributed by atoms with Gasteiger partial charge in [-0.05, 0) is 73.1 Å². The molecule has 0 heterocycles. The maximum Gasteiger partial charge on any atom is 0.416 e. The van der Waals surface area contributed by atoms with Gasteiger partial charge in [0, 0.05) is 10.0 Å². The Morgan fingerprint density at radius 1 is 0.872 bits per heavy atom. The summed E-state index contributed by atoms with van der Waals surface area (Å²) in [6.07, 6.45) is -9.04. The fourth-order valence-electron chi connectivity index (χ4n) is 2.84. The molecule has 0 aliphatic carbocycles. The first-order valence-corrected chi connectivity index (χ1v) is 11.6. The van der Waals surface area contributed by atoms with Crippen LogP contribution in [0.4, 0.5) is 26.3 Å². The molecule has 0 spiro atoms. The van der Waals surface area contributed by atoms with E-state index in [1.54, 1.807) is 38.5 Å². The van der Waals surface area contributed by atoms with Crippen molar-refractivity contribution in [3.63, 3.8) is 0 Å². The average Bonchev–Trinajstić information content (AvgIpc) is 2.88. The number of aromatic carboxylic acids is 1. The van der Waals surface area contributed by atoms with E-state index < -0.39 is 35.0 Å². The van der Waals surface area contributed by atoms with Crippen molar-refractivity contribution in [2.45, 2.75) is 18.8 Å². The van der Waals surface area contributed by atoms with Crippen molar-refractivity contribution in [3.05, 3.63) is 93.0 Å². The summed E-state index contributed by atoms with van der Waals surface area (Å²) < 4.78 is 84.3. The predicted octanol–water partition coefficient (Wildman–Crippen LogP) is 6.89. The van der Waals surface area contributed by atoms with Crippen LogP contribution in [0.3, 0.4) is 0 Å². The van der Waals surface area contributed by atoms with E-state index in [-0.39, 0.29) is 12.4 Å². The number of halogens is 7. The summed E-state index contributed by atoms with van der Waals surface area (Å²) in [5.74, 6) is 0.615. The van der Waals surface area contributed by atoms with E-state index >= 15 is 0 Å². The van der Waals surface area contributed by atoms with Crippen LogP contribution in [0.15, 0.2) is 65.1 Å². The molecule has 6 nitrogen and oxygen atoms in total. The van der Waals surface area contributed by atoms with Crippen molar-refractivity contribution in [1.29, 1.82) is 0 Å². The molecular formula is C26H24BrF6NO5. The number of carboxylic acids is 1. The summed E-state index contributed by atoms with van der Waals surface area (Å²) in [5.41, 5.74) is 3.27. The van der Waals surface area contributed by atoms with Crippen LogP contribution in [-0.4, -0.2) is 38.1 Å². The highest BCUT2D eigenvalue weighted by atomic mass is 79.9. The fraction of sp³-hybridized carbons (Fsp3) is 0.231. The monoisotopic (exact) mass is 623 g/mol. The normalized spacial score (nSPS) is 10.8. The number of nitrogens with two attached hydrogens (primary N) is 1. The summed E-state index contributed by atoms with van der Waals surface area (Å²) >= 11 is 3.20. The molecule has 0 saturated carbocycles. The van der Waals surface area contributed by atoms with Crippen LogP contribution >= 0.6 is 15.9 Å². The van der Waals surface area contributed by atoms with Gasteiger partial charge in [0.1, 0.15) is 6.29 Å². The molecule has 212 valence electrons. The number of hydrogen-bond acceptors (Lipinski definition) is 5. The molecule has 0 radical (unpaired) electrons. The number of aldehydes is 1. The van der Waals surface area contributed by atoms with Crippen LogP contribution in [0.25, 0.3) is 0 Å². The van der Waals surface area contributed by atoms with E-state index in [0.717, 1.165) is 22.4 Å². The molecule has 0 fully saturated rings. The molecule has 0 saturated heterocycles. The van der Waals surface area contributed by atoms with Crippen molar-refractivity contribution in [2.24, 2.45) is 5.73 Å². The zero-order valence-electron chi connectivity index (χ0n) is 20.6. The molecule has 0 aromatic heterocycles. The van der Waals surface area contributed by atoms with Gasteiger partial charge in [-0.3, -0.25) is 4.79 Å². The molecule has 0 aliphatic rings. The fourth-order valence-corrected chi connectivity index (χ4v) is 3.11. The quantitative estimate of drug-likeness (QED) is 0.229. The third-order valence-electron chi connectivity index (χ3n) is 4.72. The zero-order chi connectivity index (χ0) is 29.8. The van der Waals surface area contributed by atoms with Gasteiger partial charge in [0.2, 0.25) is 0 Å². The topological polar surface area (TPSA) is 98.8 Å². The Labute approximate surface area is 228 Å². The van der Waals surface area contributed by atoms with Crippen molar-refractivity contribution in [2.75, 3.05) is 20.8 Å². The number of rotatable bonds is 6. The Hall–Kier alpha value is -3.58. The van der Waals surface area contributed by atoms with Crippen LogP contribution in [0.1, 0.15) is 37.4 Å². The Kier molecular flexibility index (Phi) is 13.0. The maximum absolute atomic E-state index is 12.2. The van der Waals surface area contributed by atoms with E-state index in [1.807, 2.05) is 18.2 Å². The number of alkyl halides is 6. The largest absolute Gasteiger partial charge is 0.493 e. The van der Waals surface area contributed by atoms with Gasteiger partial charge in [0.05, 0.1) is 30.9 Å². The zero-order valence-corrected chi connectivity index (χ0v) is 22.2. The Balaban J connectivity index is 0.000000300. The number of hydrogen-bond donors (Lipinski definition) is 2. The van der Waals surface area contributed by atoms with Crippen LogP contribution < -0.4 is 15.2 Å². The summed E-state index contributed by atoms with van der Waals surface area (Å²) in [7, 11) is 3.25. The molecule has 0 atom stereocenters. The highest BCUT2D eigenvalue weighted by Crippen LogP contribution is 2.36. The molecular weight excluding hydrogens is 600 g/mol. The highest BCUT2D eigenvalue weighted by Gasteiger charge is 2.36. The lowest BCUT2D eigenvalue weighted by Crippen LogP contribution is -2.11. The van der Waals surface area contributed by atoms with Crippen molar-refractivity contribution < 1.29 is 50.5 Å². The van der Waals surface area contributed by atoms with E-state index in [2.05, 4.69) is 15.9 Å². The molecule has 39 heavy (non-hydrogen) atoms. The van der Waals surface area contributed by atoms with Crippen LogP contribution in [0.5, 0.6) is 11.5 Å². The van der Waals surface area contributed by atoms with Gasteiger partial charge in [-0.1, -0.05) is 22.0 Å². The highest BCUT2D eigenvalue weighted by molar-refractivity contribution is 9.10. The van der Waals surface area contributed by atoms with Gasteiger partial charge in [0.25, 0.3) is 0 Å². The number of ether oxygens (including phenoxy) is 2. The minimum Gasteiger partial charge on any atom is -0.493 e. The van der Waals surface area contributed by atoms with E-state index in [9.17, 15) is 35.9 Å². The van der Waals surface area contributed by atoms with Crippen LogP contribution in [0.2, 0.25) is 0 Å². The summed E-state index contributed by atoms with van der Waals surface area (Å²) in [6.45, 7) is 0.648. The lowest BCUT2D eigenvalue weighted by molar-refractivity contribution is -0.143. The number of methoxy groups -OCH3 is 2. The van der Waals surface area contributed by atoms with E-state index in [0.29, 0.717) is 24.2 Å². The van der Waals surface area contributed by atoms with Crippen LogP contribution in [0, 0.1) is 0 Å². The van der Waals surface area contributed by atoms with Crippen molar-refractivity contribution >= 4 is 28.2 Å². The Bertz CT molecular complexity index is 1200. The van der Waals surface area contributed by atoms with Gasteiger partial charge in [-0.25, -0.2) is 4.79 Å². The predicted molar refractivity (Wildman–Crippen MR) is 135 cm³/mol. The third kappa shape index (κ3) is 11.4. The second-order valence-corrected chi connectivity index (χ2v) is 8.41. The second kappa shape index (κ2) is 15.1. The molecule has 3 aromatic rings. The summed E-state index contributed by atoms with van der Waals surface area (Å²) in [6, 6.07) is 13.0. The molecule has 3 aromatic carbocycles. The SMILES string of the molecule is COc1ccc(CCN)cc1OC.O=C(O)c1ccc(Br)cc1.O=Cc1cc(C(F)(F)F)cc(C(F)(F)F)c1. The van der Waals surface area contributed by atoms with Crippen molar-refractivity contribution in [3.8, 4) is 11.5 Å². The minimum atomic E-state index is -4.92. The summed E-state index contributed by atoms with van der Waals surface area (Å²) in [4.78, 5) is 20.5. The minimum absolute atomic E-state index is 0.0347. The second-order valence-electron chi connectivity index (χ2n) is 7.50. The molecule has 3 rings (SSSR count). The van der Waals surface area contributed by atoms with Crippen molar-refractivity contribution in [1.82, 2.24) is 0 Å². The molecule has 0 unspecified atom stereocenters. The average molecular weight is 624 g/mol. The standard InChI is InChI=1S/C10H15NO2.C9H4F6O.C7H5BrO2/c1-12-9-4-3-8(5-6-11)7-10(9)13-2;10-8(11,12)6-1-5(4-16)2-7(3-6)9(13,14)15;8-6-3-1-5(2-4-6)7(9)10/h3-4,7H,5-6,11H2,1-2H3;1-4H;1-4H,(H,9,10). The third-order valence-corrected chi connectivity index (χ3v) is 5.25. The van der Waals surface area contributed by atoms with Gasteiger partial charge in [0.15, 0.2) is 11.5 Å². The number of carbonyl (C=O) groups is 2. The smallest absolute Gasteiger partial charge is 0.416 e. The first-order valence-electron chi connectivity index (χ1n) is 10.8. The van der Waals surface area contributed by atoms with Gasteiger partial charge in [-0.15, -0.1) is 0 Å². The summed E-state index contributed by atoms with van der Waals surface area (Å²) in [5, 5.41) is 8.46. The number of benzene rings is 3. The van der Waals surface area contributed by atoms with Gasteiger partial charge >= 0.3 is 18.3 Å². The lowest BCUT2D eigenvalue weighted by atomic mass is 10.1. The first kappa shape index (κ1) is 33.4. The number of carboxylic acid groups (broad SMARTS) is 1. The molecule has 0 aliphatic heterocycles. The molecule has 0 bridgehead atoms. The lowest BCUT2D eigenvalue weighted by Gasteiger charge is -2.12. The maximum atomic E-state index is 12.2.